The standard InChI is InChI=1S/C25H28ClN3O3/c1-3-29-23(31)17-25(24(29)32,19-9-5-4-8-18(19)2)16-22(30)28-14-12-27(13-15-28)21-11-7-6-10-20(21)26/h4-11H,3,12-17H2,1-2H3/t25-/m1/s1. The maximum absolute atomic E-state index is 13.4. The van der Waals surface area contributed by atoms with Crippen LogP contribution < -0.4 is 4.90 Å². The molecule has 32 heavy (non-hydrogen) atoms. The number of hydrogen-bond acceptors (Lipinski definition) is 4. The Labute approximate surface area is 193 Å². The lowest BCUT2D eigenvalue weighted by Crippen LogP contribution is -2.51. The highest BCUT2D eigenvalue weighted by molar-refractivity contribution is 6.33. The predicted octanol–water partition coefficient (Wildman–Crippen LogP) is 3.40. The zero-order valence-electron chi connectivity index (χ0n) is 18.5. The van der Waals surface area contributed by atoms with Gasteiger partial charge < -0.3 is 9.80 Å². The molecule has 2 saturated heterocycles. The maximum atomic E-state index is 13.4. The molecule has 1 atom stereocenters. The molecule has 6 nitrogen and oxygen atoms in total. The Hall–Kier alpha value is -2.86. The zero-order chi connectivity index (χ0) is 22.9. The van der Waals surface area contributed by atoms with Gasteiger partial charge in [-0.1, -0.05) is 48.0 Å². The summed E-state index contributed by atoms with van der Waals surface area (Å²) in [6.45, 7) is 6.47. The average molecular weight is 454 g/mol. The summed E-state index contributed by atoms with van der Waals surface area (Å²) < 4.78 is 0. The summed E-state index contributed by atoms with van der Waals surface area (Å²) in [5.41, 5.74) is 1.53. The molecule has 2 aliphatic heterocycles. The summed E-state index contributed by atoms with van der Waals surface area (Å²) in [5, 5.41) is 0.695. The number of benzene rings is 2. The third-order valence-electron chi connectivity index (χ3n) is 6.66. The monoisotopic (exact) mass is 453 g/mol. The summed E-state index contributed by atoms with van der Waals surface area (Å²) in [6.07, 6.45) is 0.0425. The normalized spacial score (nSPS) is 21.4. The predicted molar refractivity (Wildman–Crippen MR) is 125 cm³/mol. The lowest BCUT2D eigenvalue weighted by molar-refractivity contribution is -0.142. The Bertz CT molecular complexity index is 1050. The van der Waals surface area contributed by atoms with Gasteiger partial charge >= 0.3 is 0 Å². The van der Waals surface area contributed by atoms with Crippen LogP contribution in [0.25, 0.3) is 0 Å². The number of carbonyl (C=O) groups excluding carboxylic acids is 3. The fourth-order valence-corrected chi connectivity index (χ4v) is 5.20. The number of aryl methyl sites for hydroxylation is 1. The molecule has 168 valence electrons. The summed E-state index contributed by atoms with van der Waals surface area (Å²) in [7, 11) is 0. The lowest BCUT2D eigenvalue weighted by Gasteiger charge is -2.38. The quantitative estimate of drug-likeness (QED) is 0.651. The summed E-state index contributed by atoms with van der Waals surface area (Å²) in [5.74, 6) is -0.564. The van der Waals surface area contributed by atoms with Crippen molar-refractivity contribution in [3.05, 3.63) is 64.7 Å². The number of rotatable bonds is 5. The molecule has 2 fully saturated rings. The van der Waals surface area contributed by atoms with Crippen molar-refractivity contribution in [1.82, 2.24) is 9.80 Å². The number of amides is 3. The van der Waals surface area contributed by atoms with Crippen molar-refractivity contribution in [3.8, 4) is 0 Å². The maximum Gasteiger partial charge on any atom is 0.240 e. The van der Waals surface area contributed by atoms with E-state index < -0.39 is 5.41 Å². The Morgan fingerprint density at radius 3 is 2.28 bits per heavy atom. The SMILES string of the molecule is CCN1C(=O)C[C@](CC(=O)N2CCN(c3ccccc3Cl)CC2)(c2ccccc2C)C1=O. The van der Waals surface area contributed by atoms with Crippen molar-refractivity contribution < 1.29 is 14.4 Å². The van der Waals surface area contributed by atoms with Gasteiger partial charge in [-0.05, 0) is 37.1 Å². The molecule has 4 rings (SSSR count). The largest absolute Gasteiger partial charge is 0.367 e. The van der Waals surface area contributed by atoms with Crippen molar-refractivity contribution in [2.45, 2.75) is 32.1 Å². The van der Waals surface area contributed by atoms with E-state index >= 15 is 0 Å². The molecule has 3 amide bonds. The van der Waals surface area contributed by atoms with Crippen molar-refractivity contribution in [2.75, 3.05) is 37.6 Å². The van der Waals surface area contributed by atoms with E-state index in [1.807, 2.05) is 55.5 Å². The lowest BCUT2D eigenvalue weighted by atomic mass is 9.74. The Balaban J connectivity index is 1.55. The number of halogens is 1. The van der Waals surface area contributed by atoms with Gasteiger partial charge in [0, 0.05) is 45.6 Å². The van der Waals surface area contributed by atoms with Gasteiger partial charge in [0.15, 0.2) is 0 Å². The van der Waals surface area contributed by atoms with Gasteiger partial charge in [-0.3, -0.25) is 19.3 Å². The van der Waals surface area contributed by atoms with Gasteiger partial charge in [-0.2, -0.15) is 0 Å². The molecule has 0 N–H and O–H groups in total. The van der Waals surface area contributed by atoms with Crippen LogP contribution in [-0.4, -0.2) is 60.2 Å². The number of likely N-dealkylation sites (N-methyl/N-ethyl adjacent to an activating group) is 1. The molecular weight excluding hydrogens is 426 g/mol. The van der Waals surface area contributed by atoms with E-state index in [1.54, 1.807) is 11.8 Å². The van der Waals surface area contributed by atoms with E-state index in [0.29, 0.717) is 37.7 Å². The van der Waals surface area contributed by atoms with Crippen LogP contribution in [0.4, 0.5) is 5.69 Å². The number of nitrogens with zero attached hydrogens (tertiary/aromatic N) is 3. The van der Waals surface area contributed by atoms with Gasteiger partial charge in [-0.25, -0.2) is 0 Å². The molecule has 0 spiro atoms. The van der Waals surface area contributed by atoms with Crippen LogP contribution in [0.2, 0.25) is 5.02 Å². The van der Waals surface area contributed by atoms with E-state index in [1.165, 1.54) is 4.90 Å². The molecule has 2 aromatic rings. The molecule has 2 aromatic carbocycles. The van der Waals surface area contributed by atoms with Crippen LogP contribution in [0.1, 0.15) is 30.9 Å². The Morgan fingerprint density at radius 2 is 1.66 bits per heavy atom. The van der Waals surface area contributed by atoms with E-state index in [9.17, 15) is 14.4 Å². The van der Waals surface area contributed by atoms with Gasteiger partial charge in [-0.15, -0.1) is 0 Å². The van der Waals surface area contributed by atoms with E-state index in [4.69, 9.17) is 11.6 Å². The molecule has 2 heterocycles. The first-order valence-electron chi connectivity index (χ1n) is 11.1. The number of para-hydroxylation sites is 1. The fourth-order valence-electron chi connectivity index (χ4n) is 4.95. The minimum absolute atomic E-state index is 0.00498. The molecule has 0 radical (unpaired) electrons. The summed E-state index contributed by atoms with van der Waals surface area (Å²) >= 11 is 6.33. The highest BCUT2D eigenvalue weighted by Gasteiger charge is 2.54. The number of piperazine rings is 1. The van der Waals surface area contributed by atoms with E-state index in [2.05, 4.69) is 4.90 Å². The third-order valence-corrected chi connectivity index (χ3v) is 6.98. The molecule has 0 unspecified atom stereocenters. The Morgan fingerprint density at radius 1 is 1.00 bits per heavy atom. The van der Waals surface area contributed by atoms with Gasteiger partial charge in [0.05, 0.1) is 16.1 Å². The van der Waals surface area contributed by atoms with Crippen LogP contribution >= 0.6 is 11.6 Å². The van der Waals surface area contributed by atoms with Crippen LogP contribution in [0.15, 0.2) is 48.5 Å². The molecule has 0 aromatic heterocycles. The highest BCUT2D eigenvalue weighted by atomic mass is 35.5. The second-order valence-electron chi connectivity index (χ2n) is 8.51. The summed E-state index contributed by atoms with van der Waals surface area (Å²) in [6, 6.07) is 15.3. The van der Waals surface area contributed by atoms with E-state index in [0.717, 1.165) is 16.8 Å². The first-order chi connectivity index (χ1) is 15.4. The Kier molecular flexibility index (Phi) is 6.24. The number of imide groups is 1. The molecule has 2 aliphatic rings. The third kappa shape index (κ3) is 3.88. The number of likely N-dealkylation sites (tertiary alicyclic amines) is 1. The van der Waals surface area contributed by atoms with Crippen LogP contribution in [0, 0.1) is 6.92 Å². The van der Waals surface area contributed by atoms with Crippen molar-refractivity contribution in [1.29, 1.82) is 0 Å². The summed E-state index contributed by atoms with van der Waals surface area (Å²) in [4.78, 5) is 44.8. The smallest absolute Gasteiger partial charge is 0.240 e. The first kappa shape index (κ1) is 22.3. The van der Waals surface area contributed by atoms with Gasteiger partial charge in [0.25, 0.3) is 0 Å². The molecule has 0 saturated carbocycles. The van der Waals surface area contributed by atoms with Crippen LogP contribution in [0.3, 0.4) is 0 Å². The van der Waals surface area contributed by atoms with Crippen LogP contribution in [0.5, 0.6) is 0 Å². The highest BCUT2D eigenvalue weighted by Crippen LogP contribution is 2.41. The van der Waals surface area contributed by atoms with E-state index in [-0.39, 0.29) is 30.6 Å². The molecular formula is C25H28ClN3O3. The van der Waals surface area contributed by atoms with Crippen molar-refractivity contribution in [3.63, 3.8) is 0 Å². The number of hydrogen-bond donors (Lipinski definition) is 0. The average Bonchev–Trinajstić information content (AvgIpc) is 3.03. The fraction of sp³-hybridized carbons (Fsp3) is 0.400. The zero-order valence-corrected chi connectivity index (χ0v) is 19.3. The number of anilines is 1. The van der Waals surface area contributed by atoms with Crippen LogP contribution in [-0.2, 0) is 19.8 Å². The topological polar surface area (TPSA) is 60.9 Å². The second kappa shape index (κ2) is 8.94. The van der Waals surface area contributed by atoms with Crippen molar-refractivity contribution in [2.24, 2.45) is 0 Å². The first-order valence-corrected chi connectivity index (χ1v) is 11.4. The van der Waals surface area contributed by atoms with Gasteiger partial charge in [0.1, 0.15) is 0 Å². The minimum atomic E-state index is -1.13. The van der Waals surface area contributed by atoms with Crippen molar-refractivity contribution >= 4 is 35.0 Å². The number of carbonyl (C=O) groups is 3. The molecule has 0 bridgehead atoms. The minimum Gasteiger partial charge on any atom is -0.367 e. The molecule has 7 heteroatoms. The molecule has 0 aliphatic carbocycles. The second-order valence-corrected chi connectivity index (χ2v) is 8.92. The van der Waals surface area contributed by atoms with Gasteiger partial charge in [0.2, 0.25) is 17.7 Å².